The van der Waals surface area contributed by atoms with Crippen molar-refractivity contribution in [3.63, 3.8) is 0 Å². The number of hydrogen-bond donors (Lipinski definition) is 2. The smallest absolute Gasteiger partial charge is 0.155 e. The molecule has 0 atom stereocenters. The fourth-order valence-corrected chi connectivity index (χ4v) is 4.23. The predicted octanol–water partition coefficient (Wildman–Crippen LogP) is 5.29. The lowest BCUT2D eigenvalue weighted by Crippen LogP contribution is -1.85. The number of thiophene rings is 1. The summed E-state index contributed by atoms with van der Waals surface area (Å²) in [5.74, 6) is 0. The summed E-state index contributed by atoms with van der Waals surface area (Å²) >= 11 is 1.67. The van der Waals surface area contributed by atoms with Gasteiger partial charge in [-0.05, 0) is 41.8 Å². The molecule has 2 N–H and O–H groups in total. The minimum atomic E-state index is 0.745. The van der Waals surface area contributed by atoms with Crippen molar-refractivity contribution in [2.45, 2.75) is 0 Å². The Morgan fingerprint density at radius 2 is 1.83 bits per heavy atom. The Bertz CT molecular complexity index is 1450. The van der Waals surface area contributed by atoms with Gasteiger partial charge in [0.1, 0.15) is 5.69 Å². The summed E-state index contributed by atoms with van der Waals surface area (Å²) in [6.07, 6.45) is 5.43. The second kappa shape index (κ2) is 6.35. The van der Waals surface area contributed by atoms with Crippen LogP contribution in [0.15, 0.2) is 71.8 Å². The van der Waals surface area contributed by atoms with Gasteiger partial charge in [0.15, 0.2) is 5.65 Å². The molecule has 0 saturated carbocycles. The number of nitrogens with one attached hydrogen (secondary N) is 2. The van der Waals surface area contributed by atoms with E-state index < -0.39 is 0 Å². The minimum absolute atomic E-state index is 0.745. The first kappa shape index (κ1) is 16.1. The summed E-state index contributed by atoms with van der Waals surface area (Å²) in [6, 6.07) is 14.1. The fourth-order valence-electron chi connectivity index (χ4n) is 3.59. The topological polar surface area (TPSA) is 83.1 Å². The maximum atomic E-state index is 4.60. The molecule has 0 aliphatic carbocycles. The van der Waals surface area contributed by atoms with Crippen LogP contribution < -0.4 is 0 Å². The molecule has 0 spiro atoms. The van der Waals surface area contributed by atoms with Gasteiger partial charge in [-0.3, -0.25) is 15.1 Å². The third-order valence-corrected chi connectivity index (χ3v) is 5.66. The Hall–Kier alpha value is -3.84. The number of pyridine rings is 3. The number of fused-ring (bicyclic) bond motifs is 2. The van der Waals surface area contributed by atoms with E-state index in [4.69, 9.17) is 0 Å². The van der Waals surface area contributed by atoms with Gasteiger partial charge >= 0.3 is 0 Å². The van der Waals surface area contributed by atoms with Gasteiger partial charge in [0.2, 0.25) is 0 Å². The third kappa shape index (κ3) is 2.63. The summed E-state index contributed by atoms with van der Waals surface area (Å²) in [7, 11) is 0. The van der Waals surface area contributed by atoms with Crippen molar-refractivity contribution < 1.29 is 0 Å². The molecule has 0 radical (unpaired) electrons. The fraction of sp³-hybridized carbons (Fsp3) is 0. The molecule has 0 saturated heterocycles. The highest BCUT2D eigenvalue weighted by atomic mass is 32.1. The van der Waals surface area contributed by atoms with Gasteiger partial charge in [-0.2, -0.15) is 16.4 Å². The largest absolute Gasteiger partial charge is 0.353 e. The van der Waals surface area contributed by atoms with Crippen molar-refractivity contribution in [2.24, 2.45) is 0 Å². The molecule has 138 valence electrons. The quantitative estimate of drug-likeness (QED) is 0.427. The van der Waals surface area contributed by atoms with E-state index in [1.54, 1.807) is 17.5 Å². The Morgan fingerprint density at radius 1 is 0.828 bits per heavy atom. The first-order chi connectivity index (χ1) is 14.4. The number of aromatic nitrogens is 6. The van der Waals surface area contributed by atoms with E-state index in [2.05, 4.69) is 59.1 Å². The van der Waals surface area contributed by atoms with Crippen molar-refractivity contribution in [1.29, 1.82) is 0 Å². The van der Waals surface area contributed by atoms with Gasteiger partial charge in [0.25, 0.3) is 0 Å². The van der Waals surface area contributed by atoms with E-state index in [-0.39, 0.29) is 0 Å². The highest BCUT2D eigenvalue weighted by molar-refractivity contribution is 7.08. The first-order valence-corrected chi connectivity index (χ1v) is 10.1. The van der Waals surface area contributed by atoms with E-state index in [1.807, 2.05) is 36.7 Å². The van der Waals surface area contributed by atoms with Gasteiger partial charge in [0, 0.05) is 51.4 Å². The molecule has 6 heterocycles. The molecule has 0 aliphatic heterocycles. The van der Waals surface area contributed by atoms with E-state index >= 15 is 0 Å². The summed E-state index contributed by atoms with van der Waals surface area (Å²) in [5.41, 5.74) is 7.46. The van der Waals surface area contributed by atoms with Crippen molar-refractivity contribution in [2.75, 3.05) is 0 Å². The van der Waals surface area contributed by atoms with Crippen LogP contribution in [-0.4, -0.2) is 30.1 Å². The van der Waals surface area contributed by atoms with Crippen LogP contribution in [0, 0.1) is 0 Å². The van der Waals surface area contributed by atoms with E-state index in [9.17, 15) is 0 Å². The normalized spacial score (nSPS) is 11.4. The number of rotatable bonds is 3. The molecule has 6 aromatic heterocycles. The van der Waals surface area contributed by atoms with Crippen LogP contribution in [-0.2, 0) is 0 Å². The van der Waals surface area contributed by atoms with E-state index in [0.717, 1.165) is 55.8 Å². The van der Waals surface area contributed by atoms with Crippen LogP contribution in [0.1, 0.15) is 0 Å². The molecule has 0 unspecified atom stereocenters. The van der Waals surface area contributed by atoms with Gasteiger partial charge in [-0.25, -0.2) is 4.98 Å². The Balaban J connectivity index is 1.53. The van der Waals surface area contributed by atoms with Gasteiger partial charge < -0.3 is 4.98 Å². The number of nitrogens with zero attached hydrogens (tertiary/aromatic N) is 4. The second-order valence-electron chi connectivity index (χ2n) is 6.72. The molecular formula is C22H14N6S. The average molecular weight is 394 g/mol. The van der Waals surface area contributed by atoms with Crippen molar-refractivity contribution in [3.05, 3.63) is 71.8 Å². The molecule has 0 bridgehead atoms. The molecule has 6 rings (SSSR count). The molecule has 0 fully saturated rings. The molecule has 6 aromatic rings. The standard InChI is InChI=1S/C22H14N6S/c1-2-6-23-17(3-1)14-9-16-21(27-28-22(16)25-11-14)19-10-15-18(26-19)4-7-24-20(15)13-5-8-29-12-13/h1-12,26H,(H,25,27,28). The lowest BCUT2D eigenvalue weighted by molar-refractivity contribution is 1.10. The summed E-state index contributed by atoms with van der Waals surface area (Å²) in [4.78, 5) is 17.1. The van der Waals surface area contributed by atoms with Crippen LogP contribution in [0.4, 0.5) is 0 Å². The van der Waals surface area contributed by atoms with Gasteiger partial charge in [-0.15, -0.1) is 0 Å². The maximum absolute atomic E-state index is 4.60. The summed E-state index contributed by atoms with van der Waals surface area (Å²) < 4.78 is 0. The predicted molar refractivity (Wildman–Crippen MR) is 116 cm³/mol. The van der Waals surface area contributed by atoms with Crippen LogP contribution in [0.5, 0.6) is 0 Å². The summed E-state index contributed by atoms with van der Waals surface area (Å²) in [5, 5.41) is 13.8. The Labute approximate surface area is 169 Å². The molecule has 0 amide bonds. The van der Waals surface area contributed by atoms with E-state index in [0.29, 0.717) is 0 Å². The lowest BCUT2D eigenvalue weighted by atomic mass is 10.1. The van der Waals surface area contributed by atoms with Crippen LogP contribution >= 0.6 is 11.3 Å². The SMILES string of the molecule is c1ccc(-c2cnc3[nH]nc(-c4cc5c(-c6ccsc6)nccc5[nH]4)c3c2)nc1. The zero-order valence-electron chi connectivity index (χ0n) is 15.1. The summed E-state index contributed by atoms with van der Waals surface area (Å²) in [6.45, 7) is 0. The van der Waals surface area contributed by atoms with Gasteiger partial charge in [0.05, 0.1) is 17.1 Å². The van der Waals surface area contributed by atoms with Crippen LogP contribution in [0.3, 0.4) is 0 Å². The average Bonchev–Trinajstić information content (AvgIpc) is 3.52. The number of hydrogen-bond acceptors (Lipinski definition) is 5. The molecule has 7 heteroatoms. The van der Waals surface area contributed by atoms with E-state index in [1.165, 1.54) is 0 Å². The van der Waals surface area contributed by atoms with Crippen molar-refractivity contribution >= 4 is 33.3 Å². The van der Waals surface area contributed by atoms with Crippen LogP contribution in [0.2, 0.25) is 0 Å². The molecule has 29 heavy (non-hydrogen) atoms. The molecule has 0 aromatic carbocycles. The van der Waals surface area contributed by atoms with Crippen LogP contribution in [0.25, 0.3) is 55.8 Å². The number of H-pyrrole nitrogens is 2. The number of aromatic amines is 2. The first-order valence-electron chi connectivity index (χ1n) is 9.13. The highest BCUT2D eigenvalue weighted by Crippen LogP contribution is 2.34. The third-order valence-electron chi connectivity index (χ3n) is 4.97. The van der Waals surface area contributed by atoms with Crippen molar-refractivity contribution in [3.8, 4) is 33.9 Å². The zero-order chi connectivity index (χ0) is 19.2. The lowest BCUT2D eigenvalue weighted by Gasteiger charge is -2.00. The van der Waals surface area contributed by atoms with Gasteiger partial charge in [-0.1, -0.05) is 6.07 Å². The zero-order valence-corrected chi connectivity index (χ0v) is 15.9. The molecule has 0 aliphatic rings. The monoisotopic (exact) mass is 394 g/mol. The highest BCUT2D eigenvalue weighted by Gasteiger charge is 2.15. The molecule has 6 nitrogen and oxygen atoms in total. The van der Waals surface area contributed by atoms with Crippen molar-refractivity contribution in [1.82, 2.24) is 30.1 Å². The Kier molecular flexibility index (Phi) is 3.54. The maximum Gasteiger partial charge on any atom is 0.155 e. The second-order valence-corrected chi connectivity index (χ2v) is 7.50. The molecular weight excluding hydrogens is 380 g/mol. The minimum Gasteiger partial charge on any atom is -0.353 e. The Morgan fingerprint density at radius 3 is 2.69 bits per heavy atom.